The first-order valence-electron chi connectivity index (χ1n) is 6.04. The highest BCUT2D eigenvalue weighted by Gasteiger charge is 2.20. The van der Waals surface area contributed by atoms with E-state index in [0.717, 1.165) is 12.8 Å². The molecular weight excluding hydrogens is 312 g/mol. The largest absolute Gasteiger partial charge is 0.480 e. The van der Waals surface area contributed by atoms with Gasteiger partial charge in [-0.05, 0) is 40.5 Å². The lowest BCUT2D eigenvalue weighted by Gasteiger charge is -2.14. The average molecular weight is 329 g/mol. The number of carbonyl (C=O) groups is 2. The van der Waals surface area contributed by atoms with E-state index < -0.39 is 17.9 Å². The number of hydrogen-bond acceptors (Lipinski definition) is 3. The molecule has 0 radical (unpaired) electrons. The molecule has 1 atom stereocenters. The van der Waals surface area contributed by atoms with E-state index in [2.05, 4.69) is 21.2 Å². The Balaban J connectivity index is 2.75. The minimum atomic E-state index is -1.02. The van der Waals surface area contributed by atoms with Gasteiger partial charge < -0.3 is 16.2 Å². The fourth-order valence-electron chi connectivity index (χ4n) is 1.58. The van der Waals surface area contributed by atoms with Gasteiger partial charge in [-0.15, -0.1) is 0 Å². The Morgan fingerprint density at radius 3 is 2.68 bits per heavy atom. The van der Waals surface area contributed by atoms with Crippen LogP contribution in [-0.4, -0.2) is 23.0 Å². The normalized spacial score (nSPS) is 11.9. The van der Waals surface area contributed by atoms with E-state index in [9.17, 15) is 9.59 Å². The van der Waals surface area contributed by atoms with Crippen LogP contribution < -0.4 is 11.1 Å². The zero-order valence-corrected chi connectivity index (χ0v) is 12.2. The number of rotatable bonds is 6. The highest BCUT2D eigenvalue weighted by atomic mass is 79.9. The lowest BCUT2D eigenvalue weighted by atomic mass is 10.1. The number of nitrogen functional groups attached to an aromatic ring is 1. The van der Waals surface area contributed by atoms with Crippen LogP contribution in [-0.2, 0) is 4.79 Å². The molecule has 5 nitrogen and oxygen atoms in total. The van der Waals surface area contributed by atoms with Crippen molar-refractivity contribution >= 4 is 33.5 Å². The maximum Gasteiger partial charge on any atom is 0.326 e. The number of hydrogen-bond donors (Lipinski definition) is 3. The van der Waals surface area contributed by atoms with Crippen molar-refractivity contribution < 1.29 is 14.7 Å². The number of aliphatic carboxylic acids is 1. The Bertz CT molecular complexity index is 477. The van der Waals surface area contributed by atoms with Gasteiger partial charge in [0.05, 0.1) is 0 Å². The van der Waals surface area contributed by atoms with E-state index in [1.54, 1.807) is 18.2 Å². The molecule has 1 rings (SSSR count). The first-order chi connectivity index (χ1) is 8.95. The number of benzene rings is 1. The van der Waals surface area contributed by atoms with Gasteiger partial charge in [-0.3, -0.25) is 4.79 Å². The lowest BCUT2D eigenvalue weighted by molar-refractivity contribution is -0.139. The van der Waals surface area contributed by atoms with Crippen LogP contribution in [0, 0.1) is 0 Å². The lowest BCUT2D eigenvalue weighted by Crippen LogP contribution is -2.40. The molecule has 1 unspecified atom stereocenters. The molecule has 0 fully saturated rings. The fraction of sp³-hybridized carbons (Fsp3) is 0.385. The van der Waals surface area contributed by atoms with Crippen molar-refractivity contribution in [1.29, 1.82) is 0 Å². The van der Waals surface area contributed by atoms with E-state index in [1.807, 2.05) is 6.92 Å². The molecule has 0 heterocycles. The average Bonchev–Trinajstić information content (AvgIpc) is 2.37. The number of anilines is 1. The van der Waals surface area contributed by atoms with Crippen molar-refractivity contribution in [3.8, 4) is 0 Å². The number of halogens is 1. The molecule has 0 spiro atoms. The summed E-state index contributed by atoms with van der Waals surface area (Å²) >= 11 is 3.23. The first kappa shape index (κ1) is 15.5. The van der Waals surface area contributed by atoms with Crippen LogP contribution in [0.2, 0.25) is 0 Å². The molecule has 104 valence electrons. The van der Waals surface area contributed by atoms with Gasteiger partial charge in [-0.1, -0.05) is 19.8 Å². The van der Waals surface area contributed by atoms with E-state index in [0.29, 0.717) is 22.1 Å². The Hall–Kier alpha value is -1.56. The van der Waals surface area contributed by atoms with E-state index in [4.69, 9.17) is 10.8 Å². The summed E-state index contributed by atoms with van der Waals surface area (Å²) in [6.07, 6.45) is 2.06. The smallest absolute Gasteiger partial charge is 0.326 e. The summed E-state index contributed by atoms with van der Waals surface area (Å²) in [5, 5.41) is 11.6. The molecule has 0 saturated carbocycles. The van der Waals surface area contributed by atoms with Crippen LogP contribution in [0.1, 0.15) is 36.5 Å². The van der Waals surface area contributed by atoms with E-state index >= 15 is 0 Å². The maximum absolute atomic E-state index is 12.0. The summed E-state index contributed by atoms with van der Waals surface area (Å²) in [5.41, 5.74) is 6.54. The highest BCUT2D eigenvalue weighted by molar-refractivity contribution is 9.10. The Kier molecular flexibility index (Phi) is 5.82. The Labute approximate surface area is 120 Å². The van der Waals surface area contributed by atoms with Crippen LogP contribution in [0.15, 0.2) is 22.7 Å². The molecule has 0 saturated heterocycles. The molecule has 0 aliphatic rings. The number of nitrogens with two attached hydrogens (primary N) is 1. The number of nitrogens with one attached hydrogen (secondary N) is 1. The van der Waals surface area contributed by atoms with Crippen LogP contribution >= 0.6 is 15.9 Å². The molecule has 6 heteroatoms. The van der Waals surface area contributed by atoms with Gasteiger partial charge in [-0.25, -0.2) is 4.79 Å². The van der Waals surface area contributed by atoms with Gasteiger partial charge in [-0.2, -0.15) is 0 Å². The van der Waals surface area contributed by atoms with Gasteiger partial charge in [0.2, 0.25) is 0 Å². The second-order valence-electron chi connectivity index (χ2n) is 4.24. The van der Waals surface area contributed by atoms with Gasteiger partial charge in [0.15, 0.2) is 0 Å². The summed E-state index contributed by atoms with van der Waals surface area (Å²) in [5.74, 6) is -1.43. The second kappa shape index (κ2) is 7.13. The number of carboxylic acid groups (broad SMARTS) is 1. The van der Waals surface area contributed by atoms with Gasteiger partial charge in [0.1, 0.15) is 6.04 Å². The van der Waals surface area contributed by atoms with Crippen LogP contribution in [0.4, 0.5) is 5.69 Å². The highest BCUT2D eigenvalue weighted by Crippen LogP contribution is 2.20. The third kappa shape index (κ3) is 4.55. The van der Waals surface area contributed by atoms with Crippen LogP contribution in [0.3, 0.4) is 0 Å². The van der Waals surface area contributed by atoms with Crippen molar-refractivity contribution in [3.63, 3.8) is 0 Å². The van der Waals surface area contributed by atoms with Crippen molar-refractivity contribution in [3.05, 3.63) is 28.2 Å². The molecule has 0 bridgehead atoms. The second-order valence-corrected chi connectivity index (χ2v) is 5.10. The zero-order valence-electron chi connectivity index (χ0n) is 10.6. The van der Waals surface area contributed by atoms with Gasteiger partial charge in [0, 0.05) is 15.7 Å². The van der Waals surface area contributed by atoms with Crippen molar-refractivity contribution in [2.45, 2.75) is 32.2 Å². The minimum Gasteiger partial charge on any atom is -0.480 e. The SMILES string of the molecule is CCCCC(NC(=O)c1ccc(N)c(Br)c1)C(=O)O. The molecule has 1 aromatic carbocycles. The number of carboxylic acids is 1. The summed E-state index contributed by atoms with van der Waals surface area (Å²) < 4.78 is 0.612. The van der Waals surface area contributed by atoms with Gasteiger partial charge >= 0.3 is 5.97 Å². The van der Waals surface area contributed by atoms with Crippen LogP contribution in [0.5, 0.6) is 0 Å². The molecule has 1 aromatic rings. The predicted octanol–water partition coefficient (Wildman–Crippen LogP) is 2.40. The Morgan fingerprint density at radius 1 is 1.47 bits per heavy atom. The third-order valence-corrected chi connectivity index (χ3v) is 3.40. The van der Waals surface area contributed by atoms with Gasteiger partial charge in [0.25, 0.3) is 5.91 Å². The van der Waals surface area contributed by atoms with Crippen LogP contribution in [0.25, 0.3) is 0 Å². The summed E-state index contributed by atoms with van der Waals surface area (Å²) in [6.45, 7) is 1.97. The molecule has 19 heavy (non-hydrogen) atoms. The molecule has 1 amide bonds. The summed E-state index contributed by atoms with van der Waals surface area (Å²) in [6, 6.07) is 3.88. The standard InChI is InChI=1S/C13H17BrN2O3/c1-2-3-4-11(13(18)19)16-12(17)8-5-6-10(15)9(14)7-8/h5-7,11H,2-4,15H2,1H3,(H,16,17)(H,18,19). The number of amides is 1. The van der Waals surface area contributed by atoms with Crippen molar-refractivity contribution in [2.24, 2.45) is 0 Å². The molecule has 0 aliphatic carbocycles. The molecule has 4 N–H and O–H groups in total. The number of carbonyl (C=O) groups excluding carboxylic acids is 1. The molecule has 0 aromatic heterocycles. The van der Waals surface area contributed by atoms with Crippen molar-refractivity contribution in [2.75, 3.05) is 5.73 Å². The fourth-order valence-corrected chi connectivity index (χ4v) is 1.95. The zero-order chi connectivity index (χ0) is 14.4. The summed E-state index contributed by atoms with van der Waals surface area (Å²) in [4.78, 5) is 23.0. The monoisotopic (exact) mass is 328 g/mol. The minimum absolute atomic E-state index is 0.379. The number of unbranched alkanes of at least 4 members (excludes halogenated alkanes) is 1. The quantitative estimate of drug-likeness (QED) is 0.699. The topological polar surface area (TPSA) is 92.4 Å². The predicted molar refractivity (Wildman–Crippen MR) is 77.0 cm³/mol. The Morgan fingerprint density at radius 2 is 2.16 bits per heavy atom. The third-order valence-electron chi connectivity index (χ3n) is 2.71. The van der Waals surface area contributed by atoms with Crippen molar-refractivity contribution in [1.82, 2.24) is 5.32 Å². The molecular formula is C13H17BrN2O3. The molecule has 0 aliphatic heterocycles. The maximum atomic E-state index is 12.0. The first-order valence-corrected chi connectivity index (χ1v) is 6.83. The summed E-state index contributed by atoms with van der Waals surface area (Å²) in [7, 11) is 0. The van der Waals surface area contributed by atoms with E-state index in [1.165, 1.54) is 0 Å². The van der Waals surface area contributed by atoms with E-state index in [-0.39, 0.29) is 0 Å².